The molecule has 0 saturated heterocycles. The smallest absolute Gasteiger partial charge is 0.246 e. The number of hydrogen-bond acceptors (Lipinski definition) is 4. The van der Waals surface area contributed by atoms with Crippen molar-refractivity contribution >= 4 is 40.5 Å². The van der Waals surface area contributed by atoms with E-state index in [4.69, 9.17) is 16.3 Å². The molecule has 0 aliphatic carbocycles. The Labute approximate surface area is 151 Å². The second kappa shape index (κ2) is 8.39. The molecule has 1 unspecified atom stereocenters. The molecule has 0 saturated carbocycles. The molecule has 0 bridgehead atoms. The van der Waals surface area contributed by atoms with Gasteiger partial charge < -0.3 is 20.7 Å². The maximum absolute atomic E-state index is 12.3. The molecule has 0 aliphatic rings. The lowest BCUT2D eigenvalue weighted by molar-refractivity contribution is -0.116. The molecular formula is C18H20ClN3O3. The molecule has 2 aromatic rings. The van der Waals surface area contributed by atoms with E-state index in [1.54, 1.807) is 49.4 Å². The number of ether oxygens (including phenoxy) is 1. The molecule has 0 fully saturated rings. The first-order chi connectivity index (χ1) is 11.9. The predicted molar refractivity (Wildman–Crippen MR) is 100 cm³/mol. The summed E-state index contributed by atoms with van der Waals surface area (Å²) in [5.41, 5.74) is 1.87. The van der Waals surface area contributed by atoms with E-state index in [-0.39, 0.29) is 11.8 Å². The van der Waals surface area contributed by atoms with Crippen molar-refractivity contribution in [3.63, 3.8) is 0 Å². The zero-order valence-corrected chi connectivity index (χ0v) is 15.0. The van der Waals surface area contributed by atoms with Gasteiger partial charge >= 0.3 is 0 Å². The van der Waals surface area contributed by atoms with E-state index >= 15 is 0 Å². The van der Waals surface area contributed by atoms with Crippen molar-refractivity contribution in [3.05, 3.63) is 47.5 Å². The molecule has 6 nitrogen and oxygen atoms in total. The van der Waals surface area contributed by atoms with Crippen molar-refractivity contribution in [3.8, 4) is 5.75 Å². The topological polar surface area (TPSA) is 79.5 Å². The summed E-state index contributed by atoms with van der Waals surface area (Å²) in [6.07, 6.45) is 0. The van der Waals surface area contributed by atoms with Gasteiger partial charge in [0.15, 0.2) is 0 Å². The predicted octanol–water partition coefficient (Wildman–Crippen LogP) is 3.75. The SMILES string of the molecule is COc1ccc(NC(C)=O)cc1NC(C)C(=O)Nc1ccc(Cl)cc1. The average Bonchev–Trinajstić information content (AvgIpc) is 2.56. The molecule has 2 rings (SSSR count). The van der Waals surface area contributed by atoms with Crippen molar-refractivity contribution in [2.45, 2.75) is 19.9 Å². The Kier molecular flexibility index (Phi) is 6.25. The van der Waals surface area contributed by atoms with Gasteiger partial charge in [-0.2, -0.15) is 0 Å². The Hall–Kier alpha value is -2.73. The summed E-state index contributed by atoms with van der Waals surface area (Å²) in [5, 5.41) is 9.19. The van der Waals surface area contributed by atoms with E-state index in [9.17, 15) is 9.59 Å². The van der Waals surface area contributed by atoms with Crippen LogP contribution in [0, 0.1) is 0 Å². The van der Waals surface area contributed by atoms with Crippen LogP contribution < -0.4 is 20.7 Å². The standard InChI is InChI=1S/C18H20ClN3O3/c1-11(18(24)22-14-6-4-13(19)5-7-14)20-16-10-15(21-12(2)23)8-9-17(16)25-3/h4-11,20H,1-3H3,(H,21,23)(H,22,24). The fourth-order valence-electron chi connectivity index (χ4n) is 2.18. The zero-order chi connectivity index (χ0) is 18.4. The van der Waals surface area contributed by atoms with Crippen LogP contribution in [-0.4, -0.2) is 25.0 Å². The van der Waals surface area contributed by atoms with Gasteiger partial charge in [-0.1, -0.05) is 11.6 Å². The normalized spacial score (nSPS) is 11.4. The third-order valence-corrected chi connectivity index (χ3v) is 3.65. The Balaban J connectivity index is 2.09. The molecule has 3 N–H and O–H groups in total. The summed E-state index contributed by atoms with van der Waals surface area (Å²) in [4.78, 5) is 23.5. The Morgan fingerprint density at radius 1 is 1.04 bits per heavy atom. The minimum Gasteiger partial charge on any atom is -0.495 e. The number of benzene rings is 2. The number of rotatable bonds is 6. The van der Waals surface area contributed by atoms with Crippen LogP contribution in [0.4, 0.5) is 17.1 Å². The lowest BCUT2D eigenvalue weighted by Gasteiger charge is -2.18. The quantitative estimate of drug-likeness (QED) is 0.732. The van der Waals surface area contributed by atoms with Gasteiger partial charge in [-0.25, -0.2) is 0 Å². The van der Waals surface area contributed by atoms with Gasteiger partial charge in [-0.15, -0.1) is 0 Å². The van der Waals surface area contributed by atoms with Gasteiger partial charge in [0.25, 0.3) is 0 Å². The first kappa shape index (κ1) is 18.6. The van der Waals surface area contributed by atoms with E-state index in [2.05, 4.69) is 16.0 Å². The highest BCUT2D eigenvalue weighted by Gasteiger charge is 2.15. The largest absolute Gasteiger partial charge is 0.495 e. The first-order valence-electron chi connectivity index (χ1n) is 7.67. The molecule has 2 amide bonds. The van der Waals surface area contributed by atoms with Crippen LogP contribution in [0.1, 0.15) is 13.8 Å². The highest BCUT2D eigenvalue weighted by Crippen LogP contribution is 2.28. The molecule has 25 heavy (non-hydrogen) atoms. The van der Waals surface area contributed by atoms with Crippen molar-refractivity contribution in [1.29, 1.82) is 0 Å². The number of carbonyl (C=O) groups excluding carboxylic acids is 2. The van der Waals surface area contributed by atoms with E-state index in [1.807, 2.05) is 0 Å². The number of anilines is 3. The Bertz CT molecular complexity index is 763. The van der Waals surface area contributed by atoms with Crippen molar-refractivity contribution in [2.24, 2.45) is 0 Å². The molecule has 0 aromatic heterocycles. The summed E-state index contributed by atoms with van der Waals surface area (Å²) in [7, 11) is 1.54. The van der Waals surface area contributed by atoms with Crippen LogP contribution in [0.3, 0.4) is 0 Å². The minimum absolute atomic E-state index is 0.176. The van der Waals surface area contributed by atoms with E-state index in [0.717, 1.165) is 0 Å². The van der Waals surface area contributed by atoms with Crippen molar-refractivity contribution in [1.82, 2.24) is 0 Å². The summed E-state index contributed by atoms with van der Waals surface area (Å²) in [6.45, 7) is 3.16. The maximum Gasteiger partial charge on any atom is 0.246 e. The van der Waals surface area contributed by atoms with Gasteiger partial charge in [0.2, 0.25) is 11.8 Å². The molecule has 0 spiro atoms. The second-order valence-electron chi connectivity index (χ2n) is 5.46. The number of amides is 2. The third kappa shape index (κ3) is 5.39. The van der Waals surface area contributed by atoms with Gasteiger partial charge in [0, 0.05) is 23.3 Å². The fraction of sp³-hybridized carbons (Fsp3) is 0.222. The van der Waals surface area contributed by atoms with Gasteiger partial charge in [-0.05, 0) is 49.4 Å². The lowest BCUT2D eigenvalue weighted by Crippen LogP contribution is -2.32. The number of nitrogens with one attached hydrogen (secondary N) is 3. The molecule has 7 heteroatoms. The highest BCUT2D eigenvalue weighted by atomic mass is 35.5. The summed E-state index contributed by atoms with van der Waals surface area (Å²) < 4.78 is 5.30. The molecule has 2 aromatic carbocycles. The summed E-state index contributed by atoms with van der Waals surface area (Å²) >= 11 is 5.83. The molecule has 0 heterocycles. The van der Waals surface area contributed by atoms with Gasteiger partial charge in [-0.3, -0.25) is 9.59 Å². The van der Waals surface area contributed by atoms with Crippen molar-refractivity contribution < 1.29 is 14.3 Å². The van der Waals surface area contributed by atoms with Crippen LogP contribution in [-0.2, 0) is 9.59 Å². The third-order valence-electron chi connectivity index (χ3n) is 3.40. The number of halogens is 1. The van der Waals surface area contributed by atoms with Crippen LogP contribution >= 0.6 is 11.6 Å². The van der Waals surface area contributed by atoms with Gasteiger partial charge in [0.1, 0.15) is 11.8 Å². The van der Waals surface area contributed by atoms with Crippen LogP contribution in [0.2, 0.25) is 5.02 Å². The first-order valence-corrected chi connectivity index (χ1v) is 8.05. The van der Waals surface area contributed by atoms with E-state index in [1.165, 1.54) is 14.0 Å². The minimum atomic E-state index is -0.530. The molecule has 132 valence electrons. The second-order valence-corrected chi connectivity index (χ2v) is 5.89. The monoisotopic (exact) mass is 361 g/mol. The van der Waals surface area contributed by atoms with E-state index in [0.29, 0.717) is 27.8 Å². The summed E-state index contributed by atoms with van der Waals surface area (Å²) in [6, 6.07) is 11.5. The highest BCUT2D eigenvalue weighted by molar-refractivity contribution is 6.30. The maximum atomic E-state index is 12.3. The molecule has 0 radical (unpaired) electrons. The Morgan fingerprint density at radius 2 is 1.68 bits per heavy atom. The number of methoxy groups -OCH3 is 1. The summed E-state index contributed by atoms with van der Waals surface area (Å²) in [5.74, 6) is 0.180. The van der Waals surface area contributed by atoms with Crippen molar-refractivity contribution in [2.75, 3.05) is 23.1 Å². The van der Waals surface area contributed by atoms with Crippen LogP contribution in [0.25, 0.3) is 0 Å². The molecule has 1 atom stereocenters. The fourth-order valence-corrected chi connectivity index (χ4v) is 2.31. The van der Waals surface area contributed by atoms with Crippen LogP contribution in [0.5, 0.6) is 5.75 Å². The zero-order valence-electron chi connectivity index (χ0n) is 14.2. The average molecular weight is 362 g/mol. The molecule has 0 aliphatic heterocycles. The van der Waals surface area contributed by atoms with Gasteiger partial charge in [0.05, 0.1) is 12.8 Å². The Morgan fingerprint density at radius 3 is 2.28 bits per heavy atom. The molecular weight excluding hydrogens is 342 g/mol. The number of carbonyl (C=O) groups is 2. The van der Waals surface area contributed by atoms with E-state index < -0.39 is 6.04 Å². The lowest BCUT2D eigenvalue weighted by atomic mass is 10.2. The van der Waals surface area contributed by atoms with Crippen LogP contribution in [0.15, 0.2) is 42.5 Å². The number of hydrogen-bond donors (Lipinski definition) is 3.